The average molecular weight is 189 g/mol. The normalized spacial score (nSPS) is 11.8. The van der Waals surface area contributed by atoms with E-state index >= 15 is 0 Å². The molecule has 0 aliphatic rings. The van der Waals surface area contributed by atoms with Gasteiger partial charge in [-0.15, -0.1) is 0 Å². The average Bonchev–Trinajstić information content (AvgIpc) is 2.10. The van der Waals surface area contributed by atoms with E-state index in [1.165, 1.54) is 7.11 Å². The summed E-state index contributed by atoms with van der Waals surface area (Å²) >= 11 is 0. The topological polar surface area (TPSA) is 75.6 Å². The molecule has 1 unspecified atom stereocenters. The van der Waals surface area contributed by atoms with Gasteiger partial charge in [0.25, 0.3) is 0 Å². The van der Waals surface area contributed by atoms with E-state index in [9.17, 15) is 9.59 Å². The Morgan fingerprint density at radius 1 is 1.54 bits per heavy atom. The fourth-order valence-corrected chi connectivity index (χ4v) is 0.908. The summed E-state index contributed by atoms with van der Waals surface area (Å²) in [4.78, 5) is 21.0. The Balaban J connectivity index is 3.71. The maximum atomic E-state index is 10.6. The second-order valence-corrected chi connectivity index (χ2v) is 2.74. The van der Waals surface area contributed by atoms with Crippen LogP contribution in [-0.4, -0.2) is 30.8 Å². The molecule has 0 aliphatic heterocycles. The Morgan fingerprint density at radius 2 is 2.15 bits per heavy atom. The summed E-state index contributed by atoms with van der Waals surface area (Å²) in [5, 5.41) is 11.0. The molecule has 0 saturated heterocycles. The van der Waals surface area contributed by atoms with Crippen molar-refractivity contribution in [1.29, 1.82) is 0 Å². The van der Waals surface area contributed by atoms with Crippen LogP contribution in [0.15, 0.2) is 0 Å². The number of aliphatic carboxylic acids is 1. The monoisotopic (exact) mass is 189 g/mol. The third kappa shape index (κ3) is 5.95. The largest absolute Gasteiger partial charge is 0.481 e. The third-order valence-electron chi connectivity index (χ3n) is 1.76. The fraction of sp³-hybridized carbons (Fsp3) is 0.750. The molecule has 0 spiro atoms. The molecular formula is C8H15NO4. The molecule has 0 aromatic heterocycles. The number of amides is 1. The van der Waals surface area contributed by atoms with Gasteiger partial charge in [-0.05, 0) is 5.92 Å². The van der Waals surface area contributed by atoms with E-state index in [2.05, 4.69) is 10.1 Å². The summed E-state index contributed by atoms with van der Waals surface area (Å²) in [6.07, 6.45) is 0.264. The molecule has 2 N–H and O–H groups in total. The molecule has 1 amide bonds. The van der Waals surface area contributed by atoms with Crippen LogP contribution in [0.1, 0.15) is 19.8 Å². The Hall–Kier alpha value is -1.26. The van der Waals surface area contributed by atoms with E-state index in [4.69, 9.17) is 5.11 Å². The minimum absolute atomic E-state index is 0.0309. The quantitative estimate of drug-likeness (QED) is 0.672. The first kappa shape index (κ1) is 11.7. The molecule has 0 bridgehead atoms. The van der Waals surface area contributed by atoms with Gasteiger partial charge in [0.1, 0.15) is 0 Å². The summed E-state index contributed by atoms with van der Waals surface area (Å²) in [5.74, 6) is -0.880. The zero-order valence-corrected chi connectivity index (χ0v) is 7.87. The highest BCUT2D eigenvalue weighted by molar-refractivity contribution is 5.68. The minimum Gasteiger partial charge on any atom is -0.481 e. The van der Waals surface area contributed by atoms with Crippen LogP contribution in [0.5, 0.6) is 0 Å². The summed E-state index contributed by atoms with van der Waals surface area (Å²) in [7, 11) is 1.27. The molecule has 5 nitrogen and oxygen atoms in total. The van der Waals surface area contributed by atoms with Gasteiger partial charge in [0.2, 0.25) is 0 Å². The number of nitrogens with one attached hydrogen (secondary N) is 1. The molecule has 0 aromatic rings. The number of carboxylic acids is 1. The number of carbonyl (C=O) groups excluding carboxylic acids is 1. The van der Waals surface area contributed by atoms with Gasteiger partial charge in [-0.2, -0.15) is 0 Å². The van der Waals surface area contributed by atoms with E-state index in [1.54, 1.807) is 0 Å². The highest BCUT2D eigenvalue weighted by Crippen LogP contribution is 2.06. The minimum atomic E-state index is -0.849. The molecular weight excluding hydrogens is 174 g/mol. The fourth-order valence-electron chi connectivity index (χ4n) is 0.908. The number of methoxy groups -OCH3 is 1. The molecule has 1 atom stereocenters. The number of ether oxygens (including phenoxy) is 1. The second kappa shape index (κ2) is 6.28. The number of rotatable bonds is 5. The zero-order valence-electron chi connectivity index (χ0n) is 7.87. The second-order valence-electron chi connectivity index (χ2n) is 2.74. The van der Waals surface area contributed by atoms with Crippen LogP contribution >= 0.6 is 0 Å². The van der Waals surface area contributed by atoms with Gasteiger partial charge in [0.15, 0.2) is 0 Å². The summed E-state index contributed by atoms with van der Waals surface area (Å²) in [6, 6.07) is 0. The van der Waals surface area contributed by atoms with Crippen LogP contribution in [0, 0.1) is 5.92 Å². The van der Waals surface area contributed by atoms with Gasteiger partial charge >= 0.3 is 12.1 Å². The summed E-state index contributed by atoms with van der Waals surface area (Å²) in [5.41, 5.74) is 0. The third-order valence-corrected chi connectivity index (χ3v) is 1.76. The van der Waals surface area contributed by atoms with Crippen LogP contribution in [0.4, 0.5) is 4.79 Å². The lowest BCUT2D eigenvalue weighted by Crippen LogP contribution is -2.29. The van der Waals surface area contributed by atoms with Crippen LogP contribution < -0.4 is 5.32 Å². The molecule has 0 aliphatic carbocycles. The first-order chi connectivity index (χ1) is 6.10. The SMILES string of the molecule is CCC(CNC(=O)OC)CC(=O)O. The van der Waals surface area contributed by atoms with Crippen molar-refractivity contribution >= 4 is 12.1 Å². The predicted octanol–water partition coefficient (Wildman–Crippen LogP) is 0.843. The molecule has 0 heterocycles. The Bertz CT molecular complexity index is 181. The smallest absolute Gasteiger partial charge is 0.406 e. The molecule has 0 rings (SSSR count). The maximum absolute atomic E-state index is 10.6. The van der Waals surface area contributed by atoms with Crippen molar-refractivity contribution in [3.8, 4) is 0 Å². The Morgan fingerprint density at radius 3 is 2.54 bits per heavy atom. The van der Waals surface area contributed by atoms with Gasteiger partial charge in [-0.1, -0.05) is 13.3 Å². The van der Waals surface area contributed by atoms with Crippen molar-refractivity contribution in [2.75, 3.05) is 13.7 Å². The lowest BCUT2D eigenvalue weighted by Gasteiger charge is -2.12. The first-order valence-corrected chi connectivity index (χ1v) is 4.13. The van der Waals surface area contributed by atoms with Crippen molar-refractivity contribution in [2.24, 2.45) is 5.92 Å². The Kier molecular flexibility index (Phi) is 5.67. The molecule has 0 aromatic carbocycles. The van der Waals surface area contributed by atoms with E-state index in [0.717, 1.165) is 6.42 Å². The van der Waals surface area contributed by atoms with Crippen LogP contribution in [0.2, 0.25) is 0 Å². The standard InChI is InChI=1S/C8H15NO4/c1-3-6(4-7(10)11)5-9-8(12)13-2/h6H,3-5H2,1-2H3,(H,9,12)(H,10,11). The van der Waals surface area contributed by atoms with Crippen LogP contribution in [-0.2, 0) is 9.53 Å². The van der Waals surface area contributed by atoms with Crippen molar-refractivity contribution in [3.05, 3.63) is 0 Å². The van der Waals surface area contributed by atoms with E-state index < -0.39 is 12.1 Å². The number of carbonyl (C=O) groups is 2. The molecule has 0 radical (unpaired) electrons. The number of carboxylic acid groups (broad SMARTS) is 1. The van der Waals surface area contributed by atoms with Gasteiger partial charge < -0.3 is 15.2 Å². The molecule has 0 fully saturated rings. The first-order valence-electron chi connectivity index (χ1n) is 4.13. The van der Waals surface area contributed by atoms with Crippen LogP contribution in [0.25, 0.3) is 0 Å². The van der Waals surface area contributed by atoms with Crippen molar-refractivity contribution in [1.82, 2.24) is 5.32 Å². The van der Waals surface area contributed by atoms with Gasteiger partial charge in [-0.25, -0.2) is 4.79 Å². The van der Waals surface area contributed by atoms with Crippen molar-refractivity contribution in [3.63, 3.8) is 0 Å². The van der Waals surface area contributed by atoms with Crippen molar-refractivity contribution < 1.29 is 19.4 Å². The lowest BCUT2D eigenvalue weighted by molar-refractivity contribution is -0.138. The Labute approximate surface area is 77.1 Å². The van der Waals surface area contributed by atoms with Gasteiger partial charge in [0, 0.05) is 13.0 Å². The molecule has 13 heavy (non-hydrogen) atoms. The predicted molar refractivity (Wildman–Crippen MR) is 46.4 cm³/mol. The van der Waals surface area contributed by atoms with E-state index in [0.29, 0.717) is 6.54 Å². The number of hydrogen-bond acceptors (Lipinski definition) is 3. The molecule has 76 valence electrons. The van der Waals surface area contributed by atoms with Crippen molar-refractivity contribution in [2.45, 2.75) is 19.8 Å². The van der Waals surface area contributed by atoms with Gasteiger partial charge in [0.05, 0.1) is 7.11 Å². The zero-order chi connectivity index (χ0) is 10.3. The highest BCUT2D eigenvalue weighted by atomic mass is 16.5. The highest BCUT2D eigenvalue weighted by Gasteiger charge is 2.12. The van der Waals surface area contributed by atoms with E-state index in [-0.39, 0.29) is 12.3 Å². The maximum Gasteiger partial charge on any atom is 0.406 e. The lowest BCUT2D eigenvalue weighted by atomic mass is 10.0. The van der Waals surface area contributed by atoms with Gasteiger partial charge in [-0.3, -0.25) is 4.79 Å². The molecule has 0 saturated carbocycles. The molecule has 5 heteroatoms. The number of alkyl carbamates (subject to hydrolysis) is 1. The summed E-state index contributed by atoms with van der Waals surface area (Å²) in [6.45, 7) is 2.22. The summed E-state index contributed by atoms with van der Waals surface area (Å²) < 4.78 is 4.35. The van der Waals surface area contributed by atoms with Crippen LogP contribution in [0.3, 0.4) is 0 Å². The number of hydrogen-bond donors (Lipinski definition) is 2. The van der Waals surface area contributed by atoms with E-state index in [1.807, 2.05) is 6.92 Å².